The van der Waals surface area contributed by atoms with E-state index in [9.17, 15) is 14.4 Å². The highest BCUT2D eigenvalue weighted by atomic mass is 35.5. The van der Waals surface area contributed by atoms with Crippen molar-refractivity contribution in [3.8, 4) is 0 Å². The molecule has 1 saturated heterocycles. The number of benzene rings is 1. The fraction of sp³-hybridized carbons (Fsp3) is 0.526. The summed E-state index contributed by atoms with van der Waals surface area (Å²) in [5, 5.41) is 6.24. The molecule has 27 heavy (non-hydrogen) atoms. The first-order chi connectivity index (χ1) is 12.5. The molecule has 2 aliphatic rings. The summed E-state index contributed by atoms with van der Waals surface area (Å²) < 4.78 is 0. The Bertz CT molecular complexity index is 791. The fourth-order valence-corrected chi connectivity index (χ4v) is 5.15. The highest BCUT2D eigenvalue weighted by molar-refractivity contribution is 6.35. The van der Waals surface area contributed by atoms with Crippen molar-refractivity contribution >= 4 is 46.7 Å². The van der Waals surface area contributed by atoms with Crippen molar-refractivity contribution in [2.24, 2.45) is 11.3 Å². The Labute approximate surface area is 168 Å². The Hall–Kier alpha value is -1.79. The number of anilines is 1. The van der Waals surface area contributed by atoms with E-state index in [1.807, 2.05) is 0 Å². The number of halogens is 2. The third-order valence-corrected chi connectivity index (χ3v) is 5.51. The minimum absolute atomic E-state index is 0.0591. The number of carbonyl (C=O) groups is 3. The average molecular weight is 412 g/mol. The number of nitrogens with one attached hydrogen (secondary N) is 2. The molecule has 2 atom stereocenters. The number of imide groups is 1. The predicted molar refractivity (Wildman–Crippen MR) is 105 cm³/mol. The van der Waals surface area contributed by atoms with Crippen LogP contribution in [0.2, 0.25) is 10.0 Å². The zero-order valence-corrected chi connectivity index (χ0v) is 17.1. The highest BCUT2D eigenvalue weighted by Crippen LogP contribution is 2.46. The van der Waals surface area contributed by atoms with E-state index in [-0.39, 0.29) is 17.9 Å². The van der Waals surface area contributed by atoms with Gasteiger partial charge in [-0.2, -0.15) is 0 Å². The lowest BCUT2D eigenvalue weighted by Crippen LogP contribution is -2.54. The molecule has 1 heterocycles. The minimum Gasteiger partial charge on any atom is -0.324 e. The Morgan fingerprint density at radius 3 is 2.44 bits per heavy atom. The van der Waals surface area contributed by atoms with E-state index in [1.54, 1.807) is 18.2 Å². The Kier molecular flexibility index (Phi) is 5.16. The van der Waals surface area contributed by atoms with Crippen LogP contribution in [0.5, 0.6) is 0 Å². The molecule has 1 aliphatic heterocycles. The molecule has 4 amide bonds. The van der Waals surface area contributed by atoms with Crippen molar-refractivity contribution < 1.29 is 14.4 Å². The molecule has 0 aromatic heterocycles. The van der Waals surface area contributed by atoms with Gasteiger partial charge in [0.05, 0.1) is 0 Å². The fourth-order valence-electron chi connectivity index (χ4n) is 4.62. The van der Waals surface area contributed by atoms with Gasteiger partial charge in [-0.3, -0.25) is 14.5 Å². The molecule has 0 bridgehead atoms. The molecule has 1 spiro atoms. The summed E-state index contributed by atoms with van der Waals surface area (Å²) in [7, 11) is 0. The molecule has 0 radical (unpaired) electrons. The molecule has 3 rings (SSSR count). The number of hydrogen-bond acceptors (Lipinski definition) is 3. The minimum atomic E-state index is -0.919. The topological polar surface area (TPSA) is 78.5 Å². The van der Waals surface area contributed by atoms with Gasteiger partial charge < -0.3 is 10.6 Å². The quantitative estimate of drug-likeness (QED) is 0.735. The summed E-state index contributed by atoms with van der Waals surface area (Å²) in [6, 6.07) is 4.12. The maximum Gasteiger partial charge on any atom is 0.325 e. The Morgan fingerprint density at radius 2 is 1.85 bits per heavy atom. The molecule has 0 unspecified atom stereocenters. The maximum absolute atomic E-state index is 13.0. The number of hydrogen-bond donors (Lipinski definition) is 2. The highest BCUT2D eigenvalue weighted by Gasteiger charge is 2.56. The largest absolute Gasteiger partial charge is 0.325 e. The average Bonchev–Trinajstić information content (AvgIpc) is 2.67. The van der Waals surface area contributed by atoms with Crippen molar-refractivity contribution in [1.29, 1.82) is 0 Å². The van der Waals surface area contributed by atoms with Crippen LogP contribution in [0.4, 0.5) is 10.5 Å². The number of amides is 4. The molecule has 8 heteroatoms. The summed E-state index contributed by atoms with van der Waals surface area (Å²) in [5.74, 6) is -0.510. The molecule has 1 aliphatic carbocycles. The summed E-state index contributed by atoms with van der Waals surface area (Å²) >= 11 is 11.8. The molecule has 2 N–H and O–H groups in total. The van der Waals surface area contributed by atoms with Crippen LogP contribution in [-0.4, -0.2) is 34.8 Å². The zero-order chi connectivity index (χ0) is 20.0. The summed E-state index contributed by atoms with van der Waals surface area (Å²) in [5.41, 5.74) is -0.569. The number of carbonyl (C=O) groups excluding carboxylic acids is 3. The molecule has 1 aromatic rings. The predicted octanol–water partition coefficient (Wildman–Crippen LogP) is 4.07. The SMILES string of the molecule is C[C@H]1CC(C)(C)C[C@@]2(C1)NC(=O)N(CC(=O)Nc1cc(Cl)cc(Cl)c1)C2=O. The molecule has 6 nitrogen and oxygen atoms in total. The molecular formula is C19H23Cl2N3O3. The van der Waals surface area contributed by atoms with Gasteiger partial charge in [-0.1, -0.05) is 44.0 Å². The van der Waals surface area contributed by atoms with E-state index in [2.05, 4.69) is 31.4 Å². The Balaban J connectivity index is 1.73. The van der Waals surface area contributed by atoms with Crippen molar-refractivity contribution in [3.05, 3.63) is 28.2 Å². The third kappa shape index (κ3) is 4.22. The van der Waals surface area contributed by atoms with Crippen molar-refractivity contribution in [1.82, 2.24) is 10.2 Å². The molecule has 1 aromatic carbocycles. The zero-order valence-electron chi connectivity index (χ0n) is 15.6. The second kappa shape index (κ2) is 6.99. The van der Waals surface area contributed by atoms with Gasteiger partial charge >= 0.3 is 6.03 Å². The smallest absolute Gasteiger partial charge is 0.324 e. The van der Waals surface area contributed by atoms with Crippen LogP contribution in [-0.2, 0) is 9.59 Å². The lowest BCUT2D eigenvalue weighted by molar-refractivity contribution is -0.136. The van der Waals surface area contributed by atoms with Crippen LogP contribution >= 0.6 is 23.2 Å². The van der Waals surface area contributed by atoms with E-state index >= 15 is 0 Å². The van der Waals surface area contributed by atoms with Gasteiger partial charge in [0.2, 0.25) is 5.91 Å². The Morgan fingerprint density at radius 1 is 1.22 bits per heavy atom. The number of rotatable bonds is 3. The standard InChI is InChI=1S/C19H23Cl2N3O3/c1-11-7-18(2,3)10-19(8-11)16(26)24(17(27)23-19)9-15(25)22-14-5-12(20)4-13(21)6-14/h4-6,11H,7-10H2,1-3H3,(H,22,25)(H,23,27)/t11-,19+/m0/s1. The van der Waals surface area contributed by atoms with Gasteiger partial charge in [0.25, 0.3) is 5.91 Å². The summed E-state index contributed by atoms with van der Waals surface area (Å²) in [4.78, 5) is 38.9. The number of nitrogens with zero attached hydrogens (tertiary/aromatic N) is 1. The lowest BCUT2D eigenvalue weighted by Gasteiger charge is -2.43. The van der Waals surface area contributed by atoms with Crippen LogP contribution in [0.25, 0.3) is 0 Å². The van der Waals surface area contributed by atoms with Crippen molar-refractivity contribution in [2.45, 2.75) is 45.6 Å². The van der Waals surface area contributed by atoms with Crippen LogP contribution in [0.15, 0.2) is 18.2 Å². The van der Waals surface area contributed by atoms with Crippen LogP contribution < -0.4 is 10.6 Å². The van der Waals surface area contributed by atoms with Gasteiger partial charge in [-0.25, -0.2) is 4.79 Å². The lowest BCUT2D eigenvalue weighted by atomic mass is 9.64. The molecular weight excluding hydrogens is 389 g/mol. The normalized spacial score (nSPS) is 27.0. The van der Waals surface area contributed by atoms with E-state index in [1.165, 1.54) is 0 Å². The van der Waals surface area contributed by atoms with Crippen LogP contribution in [0.3, 0.4) is 0 Å². The van der Waals surface area contributed by atoms with E-state index in [0.29, 0.717) is 34.5 Å². The van der Waals surface area contributed by atoms with Gasteiger partial charge in [-0.05, 0) is 48.8 Å². The van der Waals surface area contributed by atoms with E-state index in [0.717, 1.165) is 11.3 Å². The van der Waals surface area contributed by atoms with E-state index in [4.69, 9.17) is 23.2 Å². The van der Waals surface area contributed by atoms with Crippen molar-refractivity contribution in [2.75, 3.05) is 11.9 Å². The first-order valence-electron chi connectivity index (χ1n) is 8.90. The van der Waals surface area contributed by atoms with Crippen LogP contribution in [0, 0.1) is 11.3 Å². The summed E-state index contributed by atoms with van der Waals surface area (Å²) in [6.45, 7) is 5.93. The van der Waals surface area contributed by atoms with E-state index < -0.39 is 17.5 Å². The maximum atomic E-state index is 13.0. The first-order valence-corrected chi connectivity index (χ1v) is 9.65. The van der Waals surface area contributed by atoms with Gasteiger partial charge in [-0.15, -0.1) is 0 Å². The second-order valence-corrected chi connectivity index (χ2v) is 9.34. The summed E-state index contributed by atoms with van der Waals surface area (Å²) in [6.07, 6.45) is 2.15. The molecule has 2 fully saturated rings. The van der Waals surface area contributed by atoms with Crippen molar-refractivity contribution in [3.63, 3.8) is 0 Å². The van der Waals surface area contributed by atoms with Gasteiger partial charge in [0.1, 0.15) is 12.1 Å². The number of urea groups is 1. The third-order valence-electron chi connectivity index (χ3n) is 5.07. The second-order valence-electron chi connectivity index (χ2n) is 8.46. The molecule has 1 saturated carbocycles. The monoisotopic (exact) mass is 411 g/mol. The van der Waals surface area contributed by atoms with Crippen LogP contribution in [0.1, 0.15) is 40.0 Å². The van der Waals surface area contributed by atoms with Gasteiger partial charge in [0, 0.05) is 15.7 Å². The first kappa shape index (κ1) is 20.0. The van der Waals surface area contributed by atoms with Gasteiger partial charge in [0.15, 0.2) is 0 Å². The molecule has 146 valence electrons.